The van der Waals surface area contributed by atoms with E-state index in [1.807, 2.05) is 0 Å². The van der Waals surface area contributed by atoms with Crippen LogP contribution in [0.5, 0.6) is 0 Å². The largest absolute Gasteiger partial charge is 0.477 e. The van der Waals surface area contributed by atoms with Crippen LogP contribution < -0.4 is 4.72 Å². The van der Waals surface area contributed by atoms with Gasteiger partial charge in [0.2, 0.25) is 10.0 Å². The molecule has 2 atom stereocenters. The van der Waals surface area contributed by atoms with E-state index in [-0.39, 0.29) is 9.09 Å². The molecular formula is C10H13NO4S2. The Morgan fingerprint density at radius 3 is 2.71 bits per heavy atom. The molecule has 0 bridgehead atoms. The van der Waals surface area contributed by atoms with Crippen molar-refractivity contribution in [1.29, 1.82) is 0 Å². The zero-order chi connectivity index (χ0) is 12.6. The van der Waals surface area contributed by atoms with Crippen LogP contribution in [0.25, 0.3) is 0 Å². The molecule has 1 aliphatic carbocycles. The molecule has 2 N–H and O–H groups in total. The fourth-order valence-corrected chi connectivity index (χ4v) is 3.83. The molecule has 7 heteroatoms. The van der Waals surface area contributed by atoms with Crippen molar-refractivity contribution < 1.29 is 18.3 Å². The number of sulfonamides is 1. The second-order valence-electron chi connectivity index (χ2n) is 4.25. The van der Waals surface area contributed by atoms with Gasteiger partial charge in [-0.15, -0.1) is 11.3 Å². The highest BCUT2D eigenvalue weighted by molar-refractivity contribution is 7.91. The summed E-state index contributed by atoms with van der Waals surface area (Å²) >= 11 is 0.771. The molecule has 1 saturated carbocycles. The van der Waals surface area contributed by atoms with Gasteiger partial charge in [-0.05, 0) is 30.4 Å². The third kappa shape index (κ3) is 2.85. The Kier molecular flexibility index (Phi) is 3.24. The summed E-state index contributed by atoms with van der Waals surface area (Å²) in [5, 5.41) is 8.72. The minimum atomic E-state index is -3.55. The summed E-state index contributed by atoms with van der Waals surface area (Å²) in [6.07, 6.45) is 1.05. The molecule has 1 aromatic heterocycles. The standard InChI is InChI=1S/C10H13NO4S2/c1-6-4-7(6)5-11-17(14,15)9-3-2-8(16-9)10(12)13/h2-3,6-7,11H,4-5H2,1H3,(H,12,13). The van der Waals surface area contributed by atoms with Crippen LogP contribution in [0.2, 0.25) is 0 Å². The minimum Gasteiger partial charge on any atom is -0.477 e. The van der Waals surface area contributed by atoms with Crippen molar-refractivity contribution in [3.05, 3.63) is 17.0 Å². The highest BCUT2D eigenvalue weighted by atomic mass is 32.2. The van der Waals surface area contributed by atoms with Crippen molar-refractivity contribution in [2.45, 2.75) is 17.6 Å². The highest BCUT2D eigenvalue weighted by Gasteiger charge is 2.33. The van der Waals surface area contributed by atoms with Gasteiger partial charge in [-0.3, -0.25) is 0 Å². The van der Waals surface area contributed by atoms with E-state index in [0.717, 1.165) is 17.8 Å². The van der Waals surface area contributed by atoms with Crippen LogP contribution in [0.4, 0.5) is 0 Å². The summed E-state index contributed by atoms with van der Waals surface area (Å²) in [5.74, 6) is -0.105. The average molecular weight is 275 g/mol. The summed E-state index contributed by atoms with van der Waals surface area (Å²) in [7, 11) is -3.55. The van der Waals surface area contributed by atoms with Crippen molar-refractivity contribution >= 4 is 27.3 Å². The lowest BCUT2D eigenvalue weighted by atomic mass is 10.3. The van der Waals surface area contributed by atoms with Gasteiger partial charge in [-0.1, -0.05) is 6.92 Å². The van der Waals surface area contributed by atoms with E-state index in [1.165, 1.54) is 12.1 Å². The molecule has 94 valence electrons. The summed E-state index contributed by atoms with van der Waals surface area (Å²) in [4.78, 5) is 10.7. The third-order valence-corrected chi connectivity index (χ3v) is 5.86. The number of hydrogen-bond donors (Lipinski definition) is 2. The molecular weight excluding hydrogens is 262 g/mol. The zero-order valence-electron chi connectivity index (χ0n) is 9.21. The SMILES string of the molecule is CC1CC1CNS(=O)(=O)c1ccc(C(=O)O)s1. The molecule has 0 saturated heterocycles. The van der Waals surface area contributed by atoms with E-state index < -0.39 is 16.0 Å². The van der Waals surface area contributed by atoms with Gasteiger partial charge in [0, 0.05) is 6.54 Å². The molecule has 0 aromatic carbocycles. The van der Waals surface area contributed by atoms with Crippen LogP contribution >= 0.6 is 11.3 Å². The molecule has 1 aromatic rings. The van der Waals surface area contributed by atoms with Crippen molar-refractivity contribution in [1.82, 2.24) is 4.72 Å². The maximum Gasteiger partial charge on any atom is 0.345 e. The minimum absolute atomic E-state index is 0.0326. The van der Waals surface area contributed by atoms with Crippen LogP contribution in [-0.2, 0) is 10.0 Å². The molecule has 1 heterocycles. The zero-order valence-corrected chi connectivity index (χ0v) is 10.8. The fourth-order valence-electron chi connectivity index (χ4n) is 1.55. The highest BCUT2D eigenvalue weighted by Crippen LogP contribution is 2.37. The Hall–Kier alpha value is -0.920. The molecule has 5 nitrogen and oxygen atoms in total. The fraction of sp³-hybridized carbons (Fsp3) is 0.500. The normalized spacial score (nSPS) is 23.6. The van der Waals surface area contributed by atoms with Gasteiger partial charge in [0.05, 0.1) is 0 Å². The Balaban J connectivity index is 2.05. The lowest BCUT2D eigenvalue weighted by Gasteiger charge is -2.03. The van der Waals surface area contributed by atoms with Gasteiger partial charge in [-0.25, -0.2) is 17.9 Å². The second kappa shape index (κ2) is 4.40. The summed E-state index contributed by atoms with van der Waals surface area (Å²) in [6.45, 7) is 2.51. The molecule has 0 spiro atoms. The molecule has 17 heavy (non-hydrogen) atoms. The number of carboxylic acid groups (broad SMARTS) is 1. The van der Waals surface area contributed by atoms with Crippen molar-refractivity contribution in [3.8, 4) is 0 Å². The van der Waals surface area contributed by atoms with Crippen LogP contribution in [0, 0.1) is 11.8 Å². The lowest BCUT2D eigenvalue weighted by molar-refractivity contribution is 0.0702. The maximum absolute atomic E-state index is 11.8. The summed E-state index contributed by atoms with van der Waals surface area (Å²) in [6, 6.07) is 2.63. The monoisotopic (exact) mass is 275 g/mol. The first-order valence-corrected chi connectivity index (χ1v) is 7.53. The third-order valence-electron chi connectivity index (χ3n) is 2.87. The Morgan fingerprint density at radius 1 is 1.59 bits per heavy atom. The number of nitrogens with one attached hydrogen (secondary N) is 1. The van der Waals surface area contributed by atoms with Gasteiger partial charge in [0.1, 0.15) is 9.09 Å². The Labute approximate surface area is 104 Å². The van der Waals surface area contributed by atoms with E-state index >= 15 is 0 Å². The first kappa shape index (κ1) is 12.5. The van der Waals surface area contributed by atoms with Crippen molar-refractivity contribution in [2.24, 2.45) is 11.8 Å². The summed E-state index contributed by atoms with van der Waals surface area (Å²) in [5.41, 5.74) is 0. The number of rotatable bonds is 5. The molecule has 2 unspecified atom stereocenters. The van der Waals surface area contributed by atoms with Crippen molar-refractivity contribution in [3.63, 3.8) is 0 Å². The number of carbonyl (C=O) groups is 1. The van der Waals surface area contributed by atoms with Crippen LogP contribution in [0.15, 0.2) is 16.3 Å². The van der Waals surface area contributed by atoms with Crippen LogP contribution in [0.1, 0.15) is 23.0 Å². The first-order chi connectivity index (χ1) is 7.90. The van der Waals surface area contributed by atoms with Gasteiger partial charge in [0.25, 0.3) is 0 Å². The number of hydrogen-bond acceptors (Lipinski definition) is 4. The topological polar surface area (TPSA) is 83.5 Å². The predicted octanol–water partition coefficient (Wildman–Crippen LogP) is 1.38. The molecule has 2 rings (SSSR count). The molecule has 1 aliphatic rings. The molecule has 0 radical (unpaired) electrons. The second-order valence-corrected chi connectivity index (χ2v) is 7.33. The van der Waals surface area contributed by atoms with E-state index in [4.69, 9.17) is 5.11 Å². The van der Waals surface area contributed by atoms with Crippen LogP contribution in [0.3, 0.4) is 0 Å². The van der Waals surface area contributed by atoms with Gasteiger partial charge >= 0.3 is 5.97 Å². The molecule has 0 amide bonds. The van der Waals surface area contributed by atoms with E-state index in [2.05, 4.69) is 11.6 Å². The van der Waals surface area contributed by atoms with Gasteiger partial charge in [-0.2, -0.15) is 0 Å². The Morgan fingerprint density at radius 2 is 2.24 bits per heavy atom. The maximum atomic E-state index is 11.8. The quantitative estimate of drug-likeness (QED) is 0.850. The average Bonchev–Trinajstić information content (AvgIpc) is 2.78. The molecule has 1 fully saturated rings. The number of aromatic carboxylic acids is 1. The number of carboxylic acids is 1. The predicted molar refractivity (Wildman–Crippen MR) is 63.7 cm³/mol. The van der Waals surface area contributed by atoms with E-state index in [1.54, 1.807) is 0 Å². The molecule has 0 aliphatic heterocycles. The van der Waals surface area contributed by atoms with Gasteiger partial charge < -0.3 is 5.11 Å². The van der Waals surface area contributed by atoms with Crippen molar-refractivity contribution in [2.75, 3.05) is 6.54 Å². The van der Waals surface area contributed by atoms with E-state index in [9.17, 15) is 13.2 Å². The first-order valence-electron chi connectivity index (χ1n) is 5.23. The smallest absolute Gasteiger partial charge is 0.345 e. The van der Waals surface area contributed by atoms with Crippen LogP contribution in [-0.4, -0.2) is 26.0 Å². The summed E-state index contributed by atoms with van der Waals surface area (Å²) < 4.78 is 26.2. The number of thiophene rings is 1. The van der Waals surface area contributed by atoms with Gasteiger partial charge in [0.15, 0.2) is 0 Å². The lowest BCUT2D eigenvalue weighted by Crippen LogP contribution is -2.25. The van der Waals surface area contributed by atoms with E-state index in [0.29, 0.717) is 18.4 Å². The Bertz CT molecular complexity index is 534.